The van der Waals surface area contributed by atoms with Crippen molar-refractivity contribution in [3.05, 3.63) is 0 Å². The highest BCUT2D eigenvalue weighted by atomic mass is 35.5. The first-order chi connectivity index (χ1) is 8.70. The normalized spacial score (nSPS) is 43.4. The number of hydrogen-bond donors (Lipinski definition) is 0. The van der Waals surface area contributed by atoms with Crippen molar-refractivity contribution in [1.29, 1.82) is 0 Å². The smallest absolute Gasteiger partial charge is 0.226 e. The van der Waals surface area contributed by atoms with Crippen molar-refractivity contribution in [2.24, 2.45) is 17.8 Å². The molecule has 0 radical (unpaired) electrons. The molecule has 3 rings (SSSR count). The number of nitrogens with zero attached hydrogens (tertiary/aromatic N) is 1. The van der Waals surface area contributed by atoms with Crippen molar-refractivity contribution in [3.63, 3.8) is 0 Å². The van der Waals surface area contributed by atoms with E-state index < -0.39 is 0 Å². The van der Waals surface area contributed by atoms with E-state index in [9.17, 15) is 4.79 Å². The van der Waals surface area contributed by atoms with Gasteiger partial charge in [-0.25, -0.2) is 0 Å². The van der Waals surface area contributed by atoms with Gasteiger partial charge < -0.3 is 9.64 Å². The van der Waals surface area contributed by atoms with Crippen LogP contribution >= 0.6 is 11.6 Å². The van der Waals surface area contributed by atoms with Gasteiger partial charge in [0.15, 0.2) is 0 Å². The second kappa shape index (κ2) is 5.01. The molecule has 3 fully saturated rings. The standard InChI is InChI=1S/C14H22ClNO2/c1-9-7-16(8-10(6-15)18-9)14(17)13-11-4-2-3-5-12(11)13/h9-13H,2-8H2,1H3. The summed E-state index contributed by atoms with van der Waals surface area (Å²) in [5.74, 6) is 2.56. The van der Waals surface area contributed by atoms with E-state index in [2.05, 4.69) is 0 Å². The number of carbonyl (C=O) groups excluding carboxylic acids is 1. The minimum atomic E-state index is 0.0140. The Kier molecular flexibility index (Phi) is 3.55. The Bertz CT molecular complexity index is 324. The van der Waals surface area contributed by atoms with Gasteiger partial charge in [-0.1, -0.05) is 12.8 Å². The maximum atomic E-state index is 12.6. The molecule has 3 nitrogen and oxygen atoms in total. The zero-order chi connectivity index (χ0) is 12.7. The van der Waals surface area contributed by atoms with Crippen molar-refractivity contribution in [2.75, 3.05) is 19.0 Å². The molecule has 0 aromatic rings. The van der Waals surface area contributed by atoms with Crippen LogP contribution in [0.5, 0.6) is 0 Å². The maximum Gasteiger partial charge on any atom is 0.226 e. The molecule has 4 heteroatoms. The van der Waals surface area contributed by atoms with Crippen LogP contribution < -0.4 is 0 Å². The Hall–Kier alpha value is -0.280. The molecule has 1 aliphatic heterocycles. The molecule has 1 amide bonds. The van der Waals surface area contributed by atoms with Crippen LogP contribution in [0.3, 0.4) is 0 Å². The molecule has 0 bridgehead atoms. The van der Waals surface area contributed by atoms with Gasteiger partial charge in [0.05, 0.1) is 18.1 Å². The molecular weight excluding hydrogens is 250 g/mol. The molecule has 0 aromatic heterocycles. The molecule has 18 heavy (non-hydrogen) atoms. The quantitative estimate of drug-likeness (QED) is 0.721. The fourth-order valence-corrected chi connectivity index (χ4v) is 4.05. The van der Waals surface area contributed by atoms with Gasteiger partial charge in [0.25, 0.3) is 0 Å². The summed E-state index contributed by atoms with van der Waals surface area (Å²) in [6, 6.07) is 0. The summed E-state index contributed by atoms with van der Waals surface area (Å²) in [6.45, 7) is 3.45. The third-order valence-corrected chi connectivity index (χ3v) is 5.10. The van der Waals surface area contributed by atoms with Crippen molar-refractivity contribution >= 4 is 17.5 Å². The van der Waals surface area contributed by atoms with Crippen LogP contribution in [0, 0.1) is 17.8 Å². The van der Waals surface area contributed by atoms with Crippen molar-refractivity contribution < 1.29 is 9.53 Å². The van der Waals surface area contributed by atoms with Crippen LogP contribution in [0.2, 0.25) is 0 Å². The molecule has 4 unspecified atom stereocenters. The van der Waals surface area contributed by atoms with E-state index in [1.165, 1.54) is 25.7 Å². The van der Waals surface area contributed by atoms with Crippen LogP contribution in [0.4, 0.5) is 0 Å². The highest BCUT2D eigenvalue weighted by molar-refractivity contribution is 6.18. The van der Waals surface area contributed by atoms with E-state index in [-0.39, 0.29) is 12.2 Å². The molecule has 0 aromatic carbocycles. The fourth-order valence-electron chi connectivity index (χ4n) is 3.88. The van der Waals surface area contributed by atoms with E-state index in [1.54, 1.807) is 0 Å². The van der Waals surface area contributed by atoms with Gasteiger partial charge in [-0.2, -0.15) is 0 Å². The minimum absolute atomic E-state index is 0.0140. The SMILES string of the molecule is CC1CN(C(=O)C2C3CCCCC32)CC(CCl)O1. The summed E-state index contributed by atoms with van der Waals surface area (Å²) in [4.78, 5) is 14.6. The average molecular weight is 272 g/mol. The zero-order valence-corrected chi connectivity index (χ0v) is 11.7. The monoisotopic (exact) mass is 271 g/mol. The summed E-state index contributed by atoms with van der Waals surface area (Å²) < 4.78 is 5.71. The molecule has 1 heterocycles. The predicted octanol–water partition coefficient (Wildman–Crippen LogP) is 2.28. The molecule has 4 atom stereocenters. The molecule has 2 saturated carbocycles. The van der Waals surface area contributed by atoms with Gasteiger partial charge >= 0.3 is 0 Å². The minimum Gasteiger partial charge on any atom is -0.370 e. The summed E-state index contributed by atoms with van der Waals surface area (Å²) in [6.07, 6.45) is 5.29. The number of morpholine rings is 1. The van der Waals surface area contributed by atoms with E-state index in [0.717, 1.165) is 6.54 Å². The van der Waals surface area contributed by atoms with Crippen LogP contribution in [0.1, 0.15) is 32.6 Å². The molecular formula is C14H22ClNO2. The lowest BCUT2D eigenvalue weighted by molar-refractivity contribution is -0.144. The lowest BCUT2D eigenvalue weighted by Gasteiger charge is -2.36. The molecule has 1 saturated heterocycles. The Labute approximate surface area is 114 Å². The molecule has 2 aliphatic carbocycles. The molecule has 102 valence electrons. The first-order valence-corrected chi connectivity index (χ1v) is 7.74. The number of rotatable bonds is 2. The maximum absolute atomic E-state index is 12.6. The number of halogens is 1. The van der Waals surface area contributed by atoms with E-state index in [1.807, 2.05) is 11.8 Å². The van der Waals surface area contributed by atoms with Crippen molar-refractivity contribution in [2.45, 2.75) is 44.8 Å². The number of fused-ring (bicyclic) bond motifs is 1. The van der Waals surface area contributed by atoms with Crippen LogP contribution in [0.15, 0.2) is 0 Å². The number of ether oxygens (including phenoxy) is 1. The van der Waals surface area contributed by atoms with Crippen LogP contribution in [-0.2, 0) is 9.53 Å². The van der Waals surface area contributed by atoms with E-state index in [0.29, 0.717) is 36.1 Å². The van der Waals surface area contributed by atoms with E-state index in [4.69, 9.17) is 16.3 Å². The average Bonchev–Trinajstić information content (AvgIpc) is 3.11. The molecule has 3 aliphatic rings. The van der Waals surface area contributed by atoms with E-state index >= 15 is 0 Å². The van der Waals surface area contributed by atoms with Gasteiger partial charge in [-0.3, -0.25) is 4.79 Å². The highest BCUT2D eigenvalue weighted by Gasteiger charge is 2.56. The third-order valence-electron chi connectivity index (χ3n) is 4.75. The second-order valence-corrected chi connectivity index (χ2v) is 6.41. The Morgan fingerprint density at radius 1 is 1.28 bits per heavy atom. The van der Waals surface area contributed by atoms with Gasteiger partial charge in [-0.15, -0.1) is 11.6 Å². The lowest BCUT2D eigenvalue weighted by Crippen LogP contribution is -2.50. The number of alkyl halides is 1. The summed E-state index contributed by atoms with van der Waals surface area (Å²) >= 11 is 5.87. The van der Waals surface area contributed by atoms with Crippen molar-refractivity contribution in [1.82, 2.24) is 4.90 Å². The zero-order valence-electron chi connectivity index (χ0n) is 11.0. The summed E-state index contributed by atoms with van der Waals surface area (Å²) in [7, 11) is 0. The topological polar surface area (TPSA) is 29.5 Å². The van der Waals surface area contributed by atoms with Gasteiger partial charge in [-0.05, 0) is 31.6 Å². The number of hydrogen-bond acceptors (Lipinski definition) is 2. The highest BCUT2D eigenvalue weighted by Crippen LogP contribution is 2.56. The Morgan fingerprint density at radius 2 is 1.94 bits per heavy atom. The van der Waals surface area contributed by atoms with Crippen LogP contribution in [-0.4, -0.2) is 42.0 Å². The second-order valence-electron chi connectivity index (χ2n) is 6.10. The summed E-state index contributed by atoms with van der Waals surface area (Å²) in [5.41, 5.74) is 0. The fraction of sp³-hybridized carbons (Fsp3) is 0.929. The first-order valence-electron chi connectivity index (χ1n) is 7.21. The van der Waals surface area contributed by atoms with Gasteiger partial charge in [0.2, 0.25) is 5.91 Å². The predicted molar refractivity (Wildman–Crippen MR) is 70.6 cm³/mol. The van der Waals surface area contributed by atoms with Crippen LogP contribution in [0.25, 0.3) is 0 Å². The molecule has 0 spiro atoms. The largest absolute Gasteiger partial charge is 0.370 e. The first kappa shape index (κ1) is 12.7. The Balaban J connectivity index is 1.62. The number of amides is 1. The summed E-state index contributed by atoms with van der Waals surface area (Å²) in [5, 5.41) is 0. The van der Waals surface area contributed by atoms with Crippen molar-refractivity contribution in [3.8, 4) is 0 Å². The number of carbonyl (C=O) groups is 1. The Morgan fingerprint density at radius 3 is 2.56 bits per heavy atom. The van der Waals surface area contributed by atoms with Gasteiger partial charge in [0.1, 0.15) is 0 Å². The molecule has 0 N–H and O–H groups in total. The third kappa shape index (κ3) is 2.27. The van der Waals surface area contributed by atoms with Gasteiger partial charge in [0, 0.05) is 19.0 Å². The lowest BCUT2D eigenvalue weighted by atomic mass is 10.0.